The van der Waals surface area contributed by atoms with Gasteiger partial charge in [-0.2, -0.15) is 0 Å². The predicted octanol–water partition coefficient (Wildman–Crippen LogP) is 2.32. The van der Waals surface area contributed by atoms with Crippen molar-refractivity contribution in [3.63, 3.8) is 0 Å². The van der Waals surface area contributed by atoms with Gasteiger partial charge in [0.15, 0.2) is 0 Å². The fourth-order valence-corrected chi connectivity index (χ4v) is 4.34. The number of aromatic carboxylic acids is 1. The molecule has 0 saturated carbocycles. The second-order valence-corrected chi connectivity index (χ2v) is 8.44. The van der Waals surface area contributed by atoms with Gasteiger partial charge in [-0.15, -0.1) is 0 Å². The van der Waals surface area contributed by atoms with Gasteiger partial charge in [-0.05, 0) is 42.6 Å². The summed E-state index contributed by atoms with van der Waals surface area (Å²) in [5.41, 5.74) is 0.661. The van der Waals surface area contributed by atoms with E-state index in [0.29, 0.717) is 0 Å². The molecular formula is C19H21FN2O4S. The molecule has 1 aliphatic rings. The Kier molecular flexibility index (Phi) is 5.88. The smallest absolute Gasteiger partial charge is 0.338 e. The average Bonchev–Trinajstić information content (AvgIpc) is 3.08. The Morgan fingerprint density at radius 2 is 1.96 bits per heavy atom. The number of sulfonamides is 1. The molecule has 27 heavy (non-hydrogen) atoms. The molecule has 0 amide bonds. The minimum atomic E-state index is -3.89. The highest BCUT2D eigenvalue weighted by atomic mass is 32.2. The normalized spacial score (nSPS) is 17.9. The molecule has 6 nitrogen and oxygen atoms in total. The minimum absolute atomic E-state index is 0.173. The summed E-state index contributed by atoms with van der Waals surface area (Å²) in [6, 6.07) is 12.9. The maximum atomic E-state index is 13.8. The van der Waals surface area contributed by atoms with Crippen molar-refractivity contribution in [1.29, 1.82) is 0 Å². The lowest BCUT2D eigenvalue weighted by Gasteiger charge is -2.16. The summed E-state index contributed by atoms with van der Waals surface area (Å²) in [4.78, 5) is 12.8. The van der Waals surface area contributed by atoms with Crippen LogP contribution in [0.2, 0.25) is 0 Å². The minimum Gasteiger partial charge on any atom is -0.478 e. The molecule has 1 fully saturated rings. The zero-order chi connectivity index (χ0) is 19.4. The topological polar surface area (TPSA) is 86.7 Å². The summed E-state index contributed by atoms with van der Waals surface area (Å²) in [7, 11) is -3.89. The second-order valence-electron chi connectivity index (χ2n) is 6.67. The Balaban J connectivity index is 1.56. The predicted molar refractivity (Wildman–Crippen MR) is 98.4 cm³/mol. The first-order valence-electron chi connectivity index (χ1n) is 8.64. The van der Waals surface area contributed by atoms with Crippen molar-refractivity contribution < 1.29 is 22.7 Å². The van der Waals surface area contributed by atoms with Crippen molar-refractivity contribution >= 4 is 16.0 Å². The Bertz CT molecular complexity index is 919. The summed E-state index contributed by atoms with van der Waals surface area (Å²) in [5, 5.41) is 8.83. The lowest BCUT2D eigenvalue weighted by atomic mass is 10.1. The van der Waals surface area contributed by atoms with E-state index in [1.165, 1.54) is 5.56 Å². The van der Waals surface area contributed by atoms with Crippen LogP contribution in [0.3, 0.4) is 0 Å². The van der Waals surface area contributed by atoms with Crippen LogP contribution in [0, 0.1) is 11.7 Å². The van der Waals surface area contributed by atoms with Gasteiger partial charge in [0.05, 0.1) is 10.5 Å². The molecule has 0 bridgehead atoms. The second kappa shape index (κ2) is 8.16. The van der Waals surface area contributed by atoms with E-state index in [-0.39, 0.29) is 17.4 Å². The van der Waals surface area contributed by atoms with Crippen LogP contribution in [0.1, 0.15) is 22.3 Å². The Morgan fingerprint density at radius 1 is 1.22 bits per heavy atom. The Labute approximate surface area is 157 Å². The van der Waals surface area contributed by atoms with Gasteiger partial charge in [0.2, 0.25) is 10.0 Å². The summed E-state index contributed by atoms with van der Waals surface area (Å²) in [6.45, 7) is 2.76. The van der Waals surface area contributed by atoms with Crippen LogP contribution in [0.15, 0.2) is 53.4 Å². The van der Waals surface area contributed by atoms with E-state index in [1.807, 2.05) is 18.2 Å². The molecule has 144 valence electrons. The molecule has 0 aromatic heterocycles. The number of nitrogens with one attached hydrogen (secondary N) is 1. The van der Waals surface area contributed by atoms with Gasteiger partial charge in [0, 0.05) is 19.6 Å². The van der Waals surface area contributed by atoms with Gasteiger partial charge in [-0.1, -0.05) is 30.3 Å². The third-order valence-corrected chi connectivity index (χ3v) is 6.08. The van der Waals surface area contributed by atoms with E-state index in [1.54, 1.807) is 0 Å². The van der Waals surface area contributed by atoms with Crippen molar-refractivity contribution in [3.05, 3.63) is 65.5 Å². The van der Waals surface area contributed by atoms with Gasteiger partial charge >= 0.3 is 5.97 Å². The van der Waals surface area contributed by atoms with E-state index in [0.717, 1.165) is 44.3 Å². The first-order valence-corrected chi connectivity index (χ1v) is 10.1. The largest absolute Gasteiger partial charge is 0.478 e. The summed E-state index contributed by atoms with van der Waals surface area (Å²) < 4.78 is 41.0. The SMILES string of the molecule is O=C(O)c1ccc(S(=O)(=O)NCC2CCN(Cc3ccccc3)C2)cc1F. The van der Waals surface area contributed by atoms with Crippen LogP contribution < -0.4 is 4.72 Å². The number of carboxylic acid groups (broad SMARTS) is 1. The number of hydrogen-bond acceptors (Lipinski definition) is 4. The number of likely N-dealkylation sites (tertiary alicyclic amines) is 1. The van der Waals surface area contributed by atoms with Crippen molar-refractivity contribution in [2.75, 3.05) is 19.6 Å². The summed E-state index contributed by atoms with van der Waals surface area (Å²) >= 11 is 0. The van der Waals surface area contributed by atoms with Gasteiger partial charge in [0.1, 0.15) is 5.82 Å². The third kappa shape index (κ3) is 4.91. The van der Waals surface area contributed by atoms with Crippen LogP contribution in [-0.4, -0.2) is 44.0 Å². The Hall–Kier alpha value is -2.29. The molecule has 0 aliphatic carbocycles. The molecule has 1 atom stereocenters. The molecule has 1 heterocycles. The molecule has 2 N–H and O–H groups in total. The molecule has 0 spiro atoms. The number of halogens is 1. The zero-order valence-electron chi connectivity index (χ0n) is 14.6. The number of rotatable bonds is 7. The number of carboxylic acids is 1. The maximum Gasteiger partial charge on any atom is 0.338 e. The van der Waals surface area contributed by atoms with E-state index in [4.69, 9.17) is 5.11 Å². The van der Waals surface area contributed by atoms with Crippen LogP contribution in [0.4, 0.5) is 4.39 Å². The molecule has 2 aromatic carbocycles. The highest BCUT2D eigenvalue weighted by Crippen LogP contribution is 2.20. The first kappa shape index (κ1) is 19.5. The van der Waals surface area contributed by atoms with Gasteiger partial charge in [-0.3, -0.25) is 4.90 Å². The Morgan fingerprint density at radius 3 is 2.63 bits per heavy atom. The van der Waals surface area contributed by atoms with Gasteiger partial charge < -0.3 is 5.11 Å². The number of nitrogens with zero attached hydrogens (tertiary/aromatic N) is 1. The van der Waals surface area contributed by atoms with Crippen LogP contribution >= 0.6 is 0 Å². The standard InChI is InChI=1S/C19H21FN2O4S/c20-18-10-16(6-7-17(18)19(23)24)27(25,26)21-11-15-8-9-22(13-15)12-14-4-2-1-3-5-14/h1-7,10,15,21H,8-9,11-13H2,(H,23,24). The molecule has 1 saturated heterocycles. The monoisotopic (exact) mass is 392 g/mol. The lowest BCUT2D eigenvalue weighted by molar-refractivity contribution is 0.0691. The highest BCUT2D eigenvalue weighted by Gasteiger charge is 2.25. The summed E-state index contributed by atoms with van der Waals surface area (Å²) in [5.74, 6) is -2.33. The average molecular weight is 392 g/mol. The molecular weight excluding hydrogens is 371 g/mol. The molecule has 8 heteroatoms. The van der Waals surface area contributed by atoms with Crippen molar-refractivity contribution in [2.24, 2.45) is 5.92 Å². The van der Waals surface area contributed by atoms with Crippen molar-refractivity contribution in [3.8, 4) is 0 Å². The first-order chi connectivity index (χ1) is 12.8. The van der Waals surface area contributed by atoms with Crippen LogP contribution in [0.25, 0.3) is 0 Å². The van der Waals surface area contributed by atoms with E-state index < -0.39 is 27.4 Å². The molecule has 0 radical (unpaired) electrons. The van der Waals surface area contributed by atoms with Crippen molar-refractivity contribution in [2.45, 2.75) is 17.9 Å². The van der Waals surface area contributed by atoms with Crippen LogP contribution in [0.5, 0.6) is 0 Å². The fraction of sp³-hybridized carbons (Fsp3) is 0.316. The third-order valence-electron chi connectivity index (χ3n) is 4.66. The van der Waals surface area contributed by atoms with Gasteiger partial charge in [0.25, 0.3) is 0 Å². The summed E-state index contributed by atoms with van der Waals surface area (Å²) in [6.07, 6.45) is 0.877. The van der Waals surface area contributed by atoms with Gasteiger partial charge in [-0.25, -0.2) is 22.3 Å². The highest BCUT2D eigenvalue weighted by molar-refractivity contribution is 7.89. The zero-order valence-corrected chi connectivity index (χ0v) is 15.5. The molecule has 1 unspecified atom stereocenters. The number of hydrogen-bond donors (Lipinski definition) is 2. The maximum absolute atomic E-state index is 13.8. The molecule has 1 aliphatic heterocycles. The molecule has 2 aromatic rings. The number of benzene rings is 2. The quantitative estimate of drug-likeness (QED) is 0.755. The van der Waals surface area contributed by atoms with Crippen LogP contribution in [-0.2, 0) is 16.6 Å². The number of carbonyl (C=O) groups is 1. The lowest BCUT2D eigenvalue weighted by Crippen LogP contribution is -2.31. The van der Waals surface area contributed by atoms with E-state index >= 15 is 0 Å². The molecule has 3 rings (SSSR count). The van der Waals surface area contributed by atoms with E-state index in [2.05, 4.69) is 21.8 Å². The van der Waals surface area contributed by atoms with E-state index in [9.17, 15) is 17.6 Å². The fourth-order valence-electron chi connectivity index (χ4n) is 3.21. The van der Waals surface area contributed by atoms with Crippen molar-refractivity contribution in [1.82, 2.24) is 9.62 Å².